The quantitative estimate of drug-likeness (QED) is 0.765. The Morgan fingerprint density at radius 1 is 1.00 bits per heavy atom. The molecule has 0 fully saturated rings. The number of carbonyl (C=O) groups is 1. The molecule has 0 spiro atoms. The third kappa shape index (κ3) is 2.37. The molecule has 2 heteroatoms. The lowest BCUT2D eigenvalue weighted by Gasteiger charge is -2.42. The molecule has 1 heterocycles. The van der Waals surface area contributed by atoms with Crippen LogP contribution >= 0.6 is 0 Å². The monoisotopic (exact) mass is 317 g/mol. The minimum Gasteiger partial charge on any atom is -0.305 e. The van der Waals surface area contributed by atoms with Crippen molar-refractivity contribution >= 4 is 11.6 Å². The van der Waals surface area contributed by atoms with Gasteiger partial charge in [-0.3, -0.25) is 4.79 Å². The first-order chi connectivity index (χ1) is 11.7. The van der Waals surface area contributed by atoms with Crippen LogP contribution in [0.4, 0.5) is 0 Å². The van der Waals surface area contributed by atoms with E-state index in [1.807, 2.05) is 18.2 Å². The predicted octanol–water partition coefficient (Wildman–Crippen LogP) is 4.97. The van der Waals surface area contributed by atoms with E-state index in [2.05, 4.69) is 55.1 Å². The van der Waals surface area contributed by atoms with Crippen molar-refractivity contribution < 1.29 is 4.79 Å². The molecule has 0 saturated carbocycles. The number of rotatable bonds is 2. The fourth-order valence-corrected chi connectivity index (χ4v) is 4.19. The van der Waals surface area contributed by atoms with E-state index >= 15 is 0 Å². The zero-order chi connectivity index (χ0) is 16.7. The smallest absolute Gasteiger partial charge is 0.228 e. The van der Waals surface area contributed by atoms with Crippen LogP contribution in [-0.4, -0.2) is 10.8 Å². The molecule has 0 saturated heterocycles. The molecule has 0 radical (unpaired) electrons. The van der Waals surface area contributed by atoms with Gasteiger partial charge < -0.3 is 4.90 Å². The van der Waals surface area contributed by atoms with E-state index in [1.165, 1.54) is 28.0 Å². The van der Waals surface area contributed by atoms with Crippen LogP contribution in [0.3, 0.4) is 0 Å². The largest absolute Gasteiger partial charge is 0.305 e. The molecular weight excluding hydrogens is 294 g/mol. The SMILES string of the molecule is CC1CC(=O)N(C(C)c2ccccc2)C2=C1CCc1ccccc12. The van der Waals surface area contributed by atoms with Crippen LogP contribution in [0.25, 0.3) is 5.70 Å². The zero-order valence-electron chi connectivity index (χ0n) is 14.3. The molecule has 0 bridgehead atoms. The van der Waals surface area contributed by atoms with E-state index in [4.69, 9.17) is 0 Å². The molecule has 2 aromatic carbocycles. The van der Waals surface area contributed by atoms with Gasteiger partial charge in [0.05, 0.1) is 11.7 Å². The second kappa shape index (κ2) is 5.94. The maximum absolute atomic E-state index is 13.0. The molecule has 24 heavy (non-hydrogen) atoms. The highest BCUT2D eigenvalue weighted by Crippen LogP contribution is 2.44. The van der Waals surface area contributed by atoms with Gasteiger partial charge in [-0.05, 0) is 42.4 Å². The van der Waals surface area contributed by atoms with Gasteiger partial charge in [-0.2, -0.15) is 0 Å². The highest BCUT2D eigenvalue weighted by molar-refractivity contribution is 5.92. The van der Waals surface area contributed by atoms with Gasteiger partial charge in [0.2, 0.25) is 5.91 Å². The highest BCUT2D eigenvalue weighted by atomic mass is 16.2. The maximum atomic E-state index is 13.0. The molecule has 1 aliphatic heterocycles. The number of hydrogen-bond acceptors (Lipinski definition) is 1. The number of fused-ring (bicyclic) bond motifs is 2. The lowest BCUT2D eigenvalue weighted by Crippen LogP contribution is -2.39. The Kier molecular flexibility index (Phi) is 3.76. The molecule has 4 rings (SSSR count). The minimum atomic E-state index is 0.0577. The fourth-order valence-electron chi connectivity index (χ4n) is 4.19. The summed E-state index contributed by atoms with van der Waals surface area (Å²) in [4.78, 5) is 15.0. The second-order valence-electron chi connectivity index (χ2n) is 6.99. The standard InChI is InChI=1S/C22H23NO/c1-15-14-21(24)23(16(2)17-8-4-3-5-9-17)22-19(15)13-12-18-10-6-7-11-20(18)22/h3-11,15-16H,12-14H2,1-2H3. The van der Waals surface area contributed by atoms with E-state index in [0.717, 1.165) is 12.8 Å². The third-order valence-electron chi connectivity index (χ3n) is 5.49. The molecule has 2 atom stereocenters. The molecule has 1 amide bonds. The van der Waals surface area contributed by atoms with Gasteiger partial charge in [-0.1, -0.05) is 61.5 Å². The van der Waals surface area contributed by atoms with Crippen LogP contribution in [0.5, 0.6) is 0 Å². The van der Waals surface area contributed by atoms with Gasteiger partial charge in [-0.25, -0.2) is 0 Å². The van der Waals surface area contributed by atoms with Crippen molar-refractivity contribution in [1.29, 1.82) is 0 Å². The van der Waals surface area contributed by atoms with Crippen LogP contribution in [0.15, 0.2) is 60.2 Å². The van der Waals surface area contributed by atoms with Crippen LogP contribution in [0.1, 0.15) is 49.4 Å². The fraction of sp³-hybridized carbons (Fsp3) is 0.318. The summed E-state index contributed by atoms with van der Waals surface area (Å²) in [6, 6.07) is 19.0. The number of aryl methyl sites for hydroxylation is 1. The van der Waals surface area contributed by atoms with E-state index < -0.39 is 0 Å². The Bertz CT molecular complexity index is 806. The van der Waals surface area contributed by atoms with Gasteiger partial charge in [0.15, 0.2) is 0 Å². The number of benzene rings is 2. The Labute approximate surface area is 143 Å². The van der Waals surface area contributed by atoms with Gasteiger partial charge >= 0.3 is 0 Å². The molecule has 2 aromatic rings. The summed E-state index contributed by atoms with van der Waals surface area (Å²) in [5.74, 6) is 0.592. The number of amides is 1. The average Bonchev–Trinajstić information content (AvgIpc) is 2.62. The zero-order valence-corrected chi connectivity index (χ0v) is 14.3. The Balaban J connectivity index is 1.86. The van der Waals surface area contributed by atoms with Crippen molar-refractivity contribution in [2.24, 2.45) is 5.92 Å². The first-order valence-corrected chi connectivity index (χ1v) is 8.85. The van der Waals surface area contributed by atoms with Gasteiger partial charge in [-0.15, -0.1) is 0 Å². The van der Waals surface area contributed by atoms with Gasteiger partial charge in [0.25, 0.3) is 0 Å². The molecule has 2 nitrogen and oxygen atoms in total. The predicted molar refractivity (Wildman–Crippen MR) is 97.2 cm³/mol. The lowest BCUT2D eigenvalue weighted by atomic mass is 9.79. The molecule has 2 aliphatic rings. The summed E-state index contributed by atoms with van der Waals surface area (Å²) < 4.78 is 0. The number of carbonyl (C=O) groups excluding carboxylic acids is 1. The van der Waals surface area contributed by atoms with Gasteiger partial charge in [0.1, 0.15) is 0 Å². The minimum absolute atomic E-state index is 0.0577. The number of nitrogens with zero attached hydrogens (tertiary/aromatic N) is 1. The molecule has 0 aromatic heterocycles. The van der Waals surface area contributed by atoms with E-state index in [1.54, 1.807) is 0 Å². The van der Waals surface area contributed by atoms with Crippen LogP contribution in [-0.2, 0) is 11.2 Å². The third-order valence-corrected chi connectivity index (χ3v) is 5.49. The van der Waals surface area contributed by atoms with E-state index in [0.29, 0.717) is 12.3 Å². The summed E-state index contributed by atoms with van der Waals surface area (Å²) in [6.45, 7) is 4.34. The Morgan fingerprint density at radius 2 is 1.71 bits per heavy atom. The molecular formula is C22H23NO. The normalized spacial score (nSPS) is 21.3. The van der Waals surface area contributed by atoms with Crippen molar-refractivity contribution in [2.75, 3.05) is 0 Å². The van der Waals surface area contributed by atoms with Crippen LogP contribution < -0.4 is 0 Å². The van der Waals surface area contributed by atoms with Crippen LogP contribution in [0, 0.1) is 5.92 Å². The molecule has 2 unspecified atom stereocenters. The summed E-state index contributed by atoms with van der Waals surface area (Å²) >= 11 is 0. The topological polar surface area (TPSA) is 20.3 Å². The van der Waals surface area contributed by atoms with E-state index in [-0.39, 0.29) is 11.9 Å². The number of hydrogen-bond donors (Lipinski definition) is 0. The summed E-state index contributed by atoms with van der Waals surface area (Å²) in [6.07, 6.45) is 2.78. The summed E-state index contributed by atoms with van der Waals surface area (Å²) in [5, 5.41) is 0. The molecule has 122 valence electrons. The number of allylic oxidation sites excluding steroid dienone is 1. The van der Waals surface area contributed by atoms with Crippen molar-refractivity contribution in [3.05, 3.63) is 76.9 Å². The maximum Gasteiger partial charge on any atom is 0.228 e. The van der Waals surface area contributed by atoms with Crippen molar-refractivity contribution in [2.45, 2.75) is 39.2 Å². The molecule has 0 N–H and O–H groups in total. The van der Waals surface area contributed by atoms with Crippen LogP contribution in [0.2, 0.25) is 0 Å². The Hall–Kier alpha value is -2.35. The van der Waals surface area contributed by atoms with Crippen molar-refractivity contribution in [3.63, 3.8) is 0 Å². The second-order valence-corrected chi connectivity index (χ2v) is 6.99. The summed E-state index contributed by atoms with van der Waals surface area (Å²) in [7, 11) is 0. The average molecular weight is 317 g/mol. The first kappa shape index (κ1) is 15.2. The van der Waals surface area contributed by atoms with Crippen molar-refractivity contribution in [1.82, 2.24) is 4.90 Å². The lowest BCUT2D eigenvalue weighted by molar-refractivity contribution is -0.131. The highest BCUT2D eigenvalue weighted by Gasteiger charge is 2.37. The summed E-state index contributed by atoms with van der Waals surface area (Å²) in [5.41, 5.74) is 6.44. The van der Waals surface area contributed by atoms with Crippen molar-refractivity contribution in [3.8, 4) is 0 Å². The first-order valence-electron chi connectivity index (χ1n) is 8.85. The molecule has 1 aliphatic carbocycles. The van der Waals surface area contributed by atoms with E-state index in [9.17, 15) is 4.79 Å². The Morgan fingerprint density at radius 3 is 2.50 bits per heavy atom. The van der Waals surface area contributed by atoms with Gasteiger partial charge in [0, 0.05) is 12.0 Å².